The summed E-state index contributed by atoms with van der Waals surface area (Å²) in [5, 5.41) is 3.10. The smallest absolute Gasteiger partial charge is 0.131 e. The Balaban J connectivity index is 2.42. The van der Waals surface area contributed by atoms with E-state index in [1.54, 1.807) is 0 Å². The highest BCUT2D eigenvalue weighted by atomic mass is 15.0. The van der Waals surface area contributed by atoms with E-state index in [0.717, 1.165) is 36.6 Å². The summed E-state index contributed by atoms with van der Waals surface area (Å²) in [6.45, 7) is 4.28. The molecule has 3 heteroatoms. The van der Waals surface area contributed by atoms with E-state index in [-0.39, 0.29) is 0 Å². The van der Waals surface area contributed by atoms with Gasteiger partial charge in [-0.2, -0.15) is 0 Å². The van der Waals surface area contributed by atoms with E-state index in [2.05, 4.69) is 53.4 Å². The molecule has 3 nitrogen and oxygen atoms in total. The molecule has 0 bridgehead atoms. The van der Waals surface area contributed by atoms with Crippen LogP contribution in [0.4, 0.5) is 5.82 Å². The monoisotopic (exact) mass is 255 g/mol. The van der Waals surface area contributed by atoms with Crippen molar-refractivity contribution in [3.63, 3.8) is 0 Å². The summed E-state index contributed by atoms with van der Waals surface area (Å²) < 4.78 is 0. The Labute approximate surface area is 115 Å². The Hall–Kier alpha value is -1.90. The average molecular weight is 255 g/mol. The molecule has 2 aromatic rings. The average Bonchev–Trinajstić information content (AvgIpc) is 2.47. The zero-order valence-electron chi connectivity index (χ0n) is 11.9. The van der Waals surface area contributed by atoms with Gasteiger partial charge in [-0.25, -0.2) is 9.97 Å². The minimum Gasteiger partial charge on any atom is -0.373 e. The van der Waals surface area contributed by atoms with Crippen LogP contribution in [0.1, 0.15) is 31.7 Å². The highest BCUT2D eigenvalue weighted by Gasteiger charge is 2.05. The number of hydrogen-bond donors (Lipinski definition) is 1. The third-order valence-corrected chi connectivity index (χ3v) is 3.11. The van der Waals surface area contributed by atoms with Crippen LogP contribution >= 0.6 is 0 Å². The normalized spacial score (nSPS) is 10.5. The Morgan fingerprint density at radius 2 is 1.95 bits per heavy atom. The van der Waals surface area contributed by atoms with Crippen LogP contribution in [-0.4, -0.2) is 17.0 Å². The fourth-order valence-electron chi connectivity index (χ4n) is 2.11. The number of benzene rings is 1. The summed E-state index contributed by atoms with van der Waals surface area (Å²) in [7, 11) is 1.89. The molecule has 1 N–H and O–H groups in total. The maximum atomic E-state index is 4.62. The number of nitrogens with zero attached hydrogens (tertiary/aromatic N) is 2. The third kappa shape index (κ3) is 3.31. The van der Waals surface area contributed by atoms with Gasteiger partial charge >= 0.3 is 0 Å². The van der Waals surface area contributed by atoms with Crippen LogP contribution in [-0.2, 0) is 12.8 Å². The van der Waals surface area contributed by atoms with Gasteiger partial charge in [-0.3, -0.25) is 0 Å². The molecule has 0 unspecified atom stereocenters. The minimum absolute atomic E-state index is 0.844. The van der Waals surface area contributed by atoms with Crippen molar-refractivity contribution >= 4 is 5.82 Å². The van der Waals surface area contributed by atoms with Crippen LogP contribution in [0.15, 0.2) is 30.3 Å². The number of aryl methyl sites for hydroxylation is 2. The quantitative estimate of drug-likeness (QED) is 0.885. The summed E-state index contributed by atoms with van der Waals surface area (Å²) in [5.74, 6) is 1.76. The Kier molecular flexibility index (Phi) is 4.50. The van der Waals surface area contributed by atoms with Crippen molar-refractivity contribution in [3.05, 3.63) is 41.7 Å². The maximum Gasteiger partial charge on any atom is 0.131 e. The number of anilines is 1. The molecule has 0 aliphatic carbocycles. The van der Waals surface area contributed by atoms with Gasteiger partial charge < -0.3 is 5.32 Å². The summed E-state index contributed by atoms with van der Waals surface area (Å²) in [6.07, 6.45) is 3.12. The molecule has 1 aromatic heterocycles. The third-order valence-electron chi connectivity index (χ3n) is 3.11. The predicted octanol–water partition coefficient (Wildman–Crippen LogP) is 3.70. The molecule has 0 fully saturated rings. The van der Waals surface area contributed by atoms with Crippen LogP contribution < -0.4 is 5.32 Å². The molecule has 0 spiro atoms. The van der Waals surface area contributed by atoms with E-state index < -0.39 is 0 Å². The maximum absolute atomic E-state index is 4.62. The molecule has 0 saturated carbocycles. The second-order valence-electron chi connectivity index (χ2n) is 4.61. The van der Waals surface area contributed by atoms with Crippen molar-refractivity contribution in [2.75, 3.05) is 12.4 Å². The van der Waals surface area contributed by atoms with Crippen molar-refractivity contribution in [1.82, 2.24) is 9.97 Å². The fourth-order valence-corrected chi connectivity index (χ4v) is 2.11. The van der Waals surface area contributed by atoms with Crippen LogP contribution in [0.5, 0.6) is 0 Å². The number of hydrogen-bond acceptors (Lipinski definition) is 3. The first-order chi connectivity index (χ1) is 9.26. The van der Waals surface area contributed by atoms with Crippen LogP contribution in [0.2, 0.25) is 0 Å². The van der Waals surface area contributed by atoms with Gasteiger partial charge in [0.05, 0.1) is 5.69 Å². The highest BCUT2D eigenvalue weighted by molar-refractivity contribution is 5.63. The van der Waals surface area contributed by atoms with E-state index in [0.29, 0.717) is 0 Å². The van der Waals surface area contributed by atoms with E-state index in [1.807, 2.05) is 13.1 Å². The second-order valence-corrected chi connectivity index (χ2v) is 4.61. The Bertz CT molecular complexity index is 527. The van der Waals surface area contributed by atoms with Gasteiger partial charge in [-0.15, -0.1) is 0 Å². The van der Waals surface area contributed by atoms with Crippen molar-refractivity contribution < 1.29 is 0 Å². The lowest BCUT2D eigenvalue weighted by molar-refractivity contribution is 0.920. The number of rotatable bonds is 5. The molecule has 0 aliphatic rings. The first kappa shape index (κ1) is 13.5. The molecule has 1 aromatic carbocycles. The zero-order chi connectivity index (χ0) is 13.7. The predicted molar refractivity (Wildman–Crippen MR) is 80.4 cm³/mol. The summed E-state index contributed by atoms with van der Waals surface area (Å²) in [5.41, 5.74) is 3.52. The molecular weight excluding hydrogens is 234 g/mol. The summed E-state index contributed by atoms with van der Waals surface area (Å²) >= 11 is 0. The van der Waals surface area contributed by atoms with Gasteiger partial charge in [-0.1, -0.05) is 38.5 Å². The lowest BCUT2D eigenvalue weighted by Crippen LogP contribution is -2.00. The molecule has 2 rings (SSSR count). The van der Waals surface area contributed by atoms with E-state index in [1.165, 1.54) is 11.1 Å². The lowest BCUT2D eigenvalue weighted by Gasteiger charge is -2.08. The lowest BCUT2D eigenvalue weighted by atomic mass is 10.0. The first-order valence-electron chi connectivity index (χ1n) is 6.91. The SMILES string of the molecule is CCCc1cccc(-c2cc(NC)nc(CC)n2)c1. The fraction of sp³-hybridized carbons (Fsp3) is 0.375. The van der Waals surface area contributed by atoms with Crippen molar-refractivity contribution in [2.45, 2.75) is 33.1 Å². The molecule has 0 amide bonds. The van der Waals surface area contributed by atoms with Gasteiger partial charge in [0.15, 0.2) is 0 Å². The van der Waals surface area contributed by atoms with E-state index in [4.69, 9.17) is 0 Å². The molecule has 1 heterocycles. The van der Waals surface area contributed by atoms with E-state index >= 15 is 0 Å². The summed E-state index contributed by atoms with van der Waals surface area (Å²) in [4.78, 5) is 9.05. The van der Waals surface area contributed by atoms with Crippen LogP contribution in [0.3, 0.4) is 0 Å². The number of nitrogens with one attached hydrogen (secondary N) is 1. The molecule has 100 valence electrons. The zero-order valence-corrected chi connectivity index (χ0v) is 11.9. The van der Waals surface area contributed by atoms with Crippen molar-refractivity contribution in [2.24, 2.45) is 0 Å². The number of aromatic nitrogens is 2. The van der Waals surface area contributed by atoms with E-state index in [9.17, 15) is 0 Å². The van der Waals surface area contributed by atoms with Crippen molar-refractivity contribution in [3.8, 4) is 11.3 Å². The topological polar surface area (TPSA) is 37.8 Å². The molecular formula is C16H21N3. The highest BCUT2D eigenvalue weighted by Crippen LogP contribution is 2.21. The van der Waals surface area contributed by atoms with Gasteiger partial charge in [0.25, 0.3) is 0 Å². The molecule has 0 saturated heterocycles. The molecule has 0 radical (unpaired) electrons. The van der Waals surface area contributed by atoms with Gasteiger partial charge in [0.1, 0.15) is 11.6 Å². The standard InChI is InChI=1S/C16H21N3/c1-4-7-12-8-6-9-13(10-12)14-11-16(17-3)19-15(5-2)18-14/h6,8-11H,4-5,7H2,1-3H3,(H,17,18,19). The molecule has 0 aliphatic heterocycles. The van der Waals surface area contributed by atoms with Crippen LogP contribution in [0.25, 0.3) is 11.3 Å². The van der Waals surface area contributed by atoms with Crippen molar-refractivity contribution in [1.29, 1.82) is 0 Å². The van der Waals surface area contributed by atoms with Gasteiger partial charge in [-0.05, 0) is 18.1 Å². The van der Waals surface area contributed by atoms with Gasteiger partial charge in [0.2, 0.25) is 0 Å². The molecule has 19 heavy (non-hydrogen) atoms. The van der Waals surface area contributed by atoms with Crippen LogP contribution in [0, 0.1) is 0 Å². The largest absolute Gasteiger partial charge is 0.373 e. The molecule has 0 atom stereocenters. The first-order valence-corrected chi connectivity index (χ1v) is 6.91. The summed E-state index contributed by atoms with van der Waals surface area (Å²) in [6, 6.07) is 10.6. The van der Waals surface area contributed by atoms with Gasteiger partial charge in [0, 0.05) is 25.1 Å². The second kappa shape index (κ2) is 6.32. The Morgan fingerprint density at radius 3 is 2.63 bits per heavy atom. The minimum atomic E-state index is 0.844. The Morgan fingerprint density at radius 1 is 1.11 bits per heavy atom.